The third-order valence-electron chi connectivity index (χ3n) is 4.29. The van der Waals surface area contributed by atoms with E-state index in [-0.39, 0.29) is 15.6 Å². The minimum Gasteiger partial charge on any atom is -0.364 e. The summed E-state index contributed by atoms with van der Waals surface area (Å²) in [4.78, 5) is 15.6. The van der Waals surface area contributed by atoms with Crippen molar-refractivity contribution in [2.24, 2.45) is 0 Å². The van der Waals surface area contributed by atoms with Gasteiger partial charge in [-0.2, -0.15) is 0 Å². The van der Waals surface area contributed by atoms with Gasteiger partial charge in [-0.1, -0.05) is 17.7 Å². The van der Waals surface area contributed by atoms with Crippen LogP contribution in [-0.2, 0) is 0 Å². The molecule has 20 heavy (non-hydrogen) atoms. The van der Waals surface area contributed by atoms with E-state index in [0.717, 1.165) is 32.6 Å². The van der Waals surface area contributed by atoms with Crippen LogP contribution in [0.25, 0.3) is 0 Å². The lowest BCUT2D eigenvalue weighted by Crippen LogP contribution is -2.36. The Labute approximate surface area is 123 Å². The van der Waals surface area contributed by atoms with Gasteiger partial charge in [-0.15, -0.1) is 0 Å². The topological polar surface area (TPSA) is 49.6 Å². The Hall–Kier alpha value is -1.33. The van der Waals surface area contributed by atoms with E-state index in [1.165, 1.54) is 12.8 Å². The van der Waals surface area contributed by atoms with E-state index in [1.54, 1.807) is 12.1 Å². The predicted molar refractivity (Wildman–Crippen MR) is 79.5 cm³/mol. The van der Waals surface area contributed by atoms with Crippen molar-refractivity contribution in [1.29, 1.82) is 0 Å². The Balaban J connectivity index is 1.92. The van der Waals surface area contributed by atoms with Crippen LogP contribution >= 0.6 is 11.6 Å². The molecule has 108 valence electrons. The van der Waals surface area contributed by atoms with Crippen molar-refractivity contribution in [2.75, 3.05) is 31.1 Å². The van der Waals surface area contributed by atoms with Crippen LogP contribution in [-0.4, -0.2) is 42.0 Å². The first-order chi connectivity index (χ1) is 9.66. The maximum Gasteiger partial charge on any atom is 0.310 e. The molecule has 5 nitrogen and oxygen atoms in total. The Morgan fingerprint density at radius 2 is 2.05 bits per heavy atom. The highest BCUT2D eigenvalue weighted by Gasteiger charge is 2.31. The molecule has 6 heteroatoms. The van der Waals surface area contributed by atoms with Crippen LogP contribution in [0.2, 0.25) is 5.02 Å². The first-order valence-electron chi connectivity index (χ1n) is 7.08. The molecule has 1 atom stereocenters. The number of benzene rings is 1. The number of nitrogens with zero attached hydrogens (tertiary/aromatic N) is 3. The summed E-state index contributed by atoms with van der Waals surface area (Å²) in [7, 11) is 0. The van der Waals surface area contributed by atoms with Crippen LogP contribution in [0.4, 0.5) is 11.4 Å². The third kappa shape index (κ3) is 2.47. The summed E-state index contributed by atoms with van der Waals surface area (Å²) in [5.74, 6) is 0. The van der Waals surface area contributed by atoms with Gasteiger partial charge in [0.05, 0.1) is 4.92 Å². The van der Waals surface area contributed by atoms with Crippen molar-refractivity contribution in [3.05, 3.63) is 33.3 Å². The Kier molecular flexibility index (Phi) is 3.81. The molecule has 0 N–H and O–H groups in total. The molecule has 0 bridgehead atoms. The number of halogens is 1. The molecule has 2 aliphatic heterocycles. The van der Waals surface area contributed by atoms with Crippen LogP contribution in [0.1, 0.15) is 19.3 Å². The van der Waals surface area contributed by atoms with Crippen molar-refractivity contribution in [2.45, 2.75) is 25.3 Å². The average Bonchev–Trinajstić information content (AvgIpc) is 2.75. The number of hydrogen-bond acceptors (Lipinski definition) is 4. The summed E-state index contributed by atoms with van der Waals surface area (Å²) in [5, 5.41) is 11.5. The molecule has 0 aliphatic carbocycles. The van der Waals surface area contributed by atoms with Crippen molar-refractivity contribution in [3.8, 4) is 0 Å². The van der Waals surface area contributed by atoms with Gasteiger partial charge in [0.15, 0.2) is 0 Å². The molecule has 0 aromatic heterocycles. The second-order valence-corrected chi connectivity index (χ2v) is 5.90. The molecule has 1 aromatic rings. The molecular weight excluding hydrogens is 278 g/mol. The molecule has 0 saturated carbocycles. The van der Waals surface area contributed by atoms with Crippen molar-refractivity contribution >= 4 is 23.0 Å². The van der Waals surface area contributed by atoms with Gasteiger partial charge in [0.25, 0.3) is 0 Å². The zero-order valence-corrected chi connectivity index (χ0v) is 12.1. The Morgan fingerprint density at radius 1 is 1.25 bits per heavy atom. The number of fused-ring (bicyclic) bond motifs is 1. The fourth-order valence-electron chi connectivity index (χ4n) is 3.37. The summed E-state index contributed by atoms with van der Waals surface area (Å²) in [6.45, 7) is 3.97. The Bertz CT molecular complexity index is 523. The molecule has 0 amide bonds. The molecule has 0 radical (unpaired) electrons. The van der Waals surface area contributed by atoms with E-state index >= 15 is 0 Å². The number of nitro groups is 1. The second-order valence-electron chi connectivity index (χ2n) is 5.50. The van der Waals surface area contributed by atoms with E-state index in [0.29, 0.717) is 11.7 Å². The van der Waals surface area contributed by atoms with Crippen LogP contribution < -0.4 is 4.90 Å². The highest BCUT2D eigenvalue weighted by atomic mass is 35.5. The third-order valence-corrected chi connectivity index (χ3v) is 4.60. The first-order valence-corrected chi connectivity index (χ1v) is 7.46. The zero-order valence-electron chi connectivity index (χ0n) is 11.3. The number of nitro benzene ring substituents is 1. The van der Waals surface area contributed by atoms with E-state index in [4.69, 9.17) is 11.6 Å². The van der Waals surface area contributed by atoms with Gasteiger partial charge in [-0.05, 0) is 37.9 Å². The lowest BCUT2D eigenvalue weighted by molar-refractivity contribution is -0.384. The zero-order chi connectivity index (χ0) is 14.1. The Morgan fingerprint density at radius 3 is 2.85 bits per heavy atom. The number of hydrogen-bond donors (Lipinski definition) is 0. The highest BCUT2D eigenvalue weighted by molar-refractivity contribution is 6.33. The van der Waals surface area contributed by atoms with Crippen LogP contribution in [0, 0.1) is 10.1 Å². The fraction of sp³-hybridized carbons (Fsp3) is 0.571. The normalized spacial score (nSPS) is 23.4. The van der Waals surface area contributed by atoms with Crippen LogP contribution in [0.3, 0.4) is 0 Å². The summed E-state index contributed by atoms with van der Waals surface area (Å²) < 4.78 is 0. The van der Waals surface area contributed by atoms with Crippen molar-refractivity contribution < 1.29 is 4.92 Å². The molecular formula is C14H18ClN3O2. The monoisotopic (exact) mass is 295 g/mol. The second kappa shape index (κ2) is 5.58. The van der Waals surface area contributed by atoms with Gasteiger partial charge in [0, 0.05) is 25.7 Å². The number of rotatable bonds is 2. The molecule has 0 spiro atoms. The molecule has 2 fully saturated rings. The van der Waals surface area contributed by atoms with Gasteiger partial charge < -0.3 is 4.90 Å². The molecule has 2 aliphatic rings. The van der Waals surface area contributed by atoms with E-state index < -0.39 is 0 Å². The van der Waals surface area contributed by atoms with Gasteiger partial charge in [-0.3, -0.25) is 15.0 Å². The largest absolute Gasteiger partial charge is 0.364 e. The standard InChI is InChI=1S/C14H18ClN3O2/c15-12-5-1-6-13(14(12)18(19)20)17-9-3-8-16-7-2-4-11(16)10-17/h1,5-6,11H,2-4,7-10H2. The smallest absolute Gasteiger partial charge is 0.310 e. The van der Waals surface area contributed by atoms with Gasteiger partial charge >= 0.3 is 5.69 Å². The summed E-state index contributed by atoms with van der Waals surface area (Å²) in [6.07, 6.45) is 3.46. The lowest BCUT2D eigenvalue weighted by atomic mass is 10.2. The molecule has 1 unspecified atom stereocenters. The minimum atomic E-state index is -0.366. The number of anilines is 1. The quantitative estimate of drug-likeness (QED) is 0.622. The van der Waals surface area contributed by atoms with E-state index in [2.05, 4.69) is 9.80 Å². The fourth-order valence-corrected chi connectivity index (χ4v) is 3.60. The van der Waals surface area contributed by atoms with Crippen molar-refractivity contribution in [1.82, 2.24) is 4.90 Å². The van der Waals surface area contributed by atoms with Crippen LogP contribution in [0.5, 0.6) is 0 Å². The lowest BCUT2D eigenvalue weighted by Gasteiger charge is -2.27. The van der Waals surface area contributed by atoms with E-state index in [1.807, 2.05) is 6.07 Å². The van der Waals surface area contributed by atoms with Gasteiger partial charge in [-0.25, -0.2) is 0 Å². The maximum absolute atomic E-state index is 11.3. The van der Waals surface area contributed by atoms with Gasteiger partial charge in [0.1, 0.15) is 10.7 Å². The van der Waals surface area contributed by atoms with E-state index in [9.17, 15) is 10.1 Å². The molecule has 2 saturated heterocycles. The maximum atomic E-state index is 11.3. The predicted octanol–water partition coefficient (Wildman–Crippen LogP) is 2.92. The molecule has 1 aromatic carbocycles. The average molecular weight is 296 g/mol. The summed E-state index contributed by atoms with van der Waals surface area (Å²) in [5.41, 5.74) is 0.705. The highest BCUT2D eigenvalue weighted by Crippen LogP contribution is 2.36. The summed E-state index contributed by atoms with van der Waals surface area (Å²) >= 11 is 6.02. The van der Waals surface area contributed by atoms with Gasteiger partial charge in [0.2, 0.25) is 0 Å². The SMILES string of the molecule is O=[N+]([O-])c1c(Cl)cccc1N1CCCN2CCCC2C1. The number of para-hydroxylation sites is 1. The minimum absolute atomic E-state index is 0.0422. The van der Waals surface area contributed by atoms with Crippen LogP contribution in [0.15, 0.2) is 18.2 Å². The van der Waals surface area contributed by atoms with Crippen molar-refractivity contribution in [3.63, 3.8) is 0 Å². The molecule has 3 rings (SSSR count). The summed E-state index contributed by atoms with van der Waals surface area (Å²) in [6, 6.07) is 5.72. The first kappa shape index (κ1) is 13.6. The molecule has 2 heterocycles.